The van der Waals surface area contributed by atoms with E-state index in [2.05, 4.69) is 30.6 Å². The van der Waals surface area contributed by atoms with Crippen LogP contribution in [0.5, 0.6) is 5.75 Å². The molecule has 174 valence electrons. The topological polar surface area (TPSA) is 97.2 Å². The number of methoxy groups -OCH3 is 1. The number of nitrogens with one attached hydrogen (secondary N) is 2. The Balaban J connectivity index is 1.33. The van der Waals surface area contributed by atoms with Gasteiger partial charge in [-0.05, 0) is 44.4 Å². The molecule has 2 aromatic heterocycles. The second-order valence-corrected chi connectivity index (χ2v) is 8.19. The molecule has 1 aromatic carbocycles. The number of aryl methyl sites for hydroxylation is 2. The standard InChI is InChI=1S/C24H31N7O2/c1-17-14-22(31-12-5-4-6-13-31)28-24(27-17)26-11-10-25-23(32)21-16-20(29-30(21)2)18-8-7-9-19(15-18)33-3/h7-9,14-16H,4-6,10-13H2,1-3H3,(H,25,32)(H,26,27,28). The van der Waals surface area contributed by atoms with E-state index in [1.807, 2.05) is 37.3 Å². The van der Waals surface area contributed by atoms with Crippen LogP contribution < -0.4 is 20.3 Å². The fraction of sp³-hybridized carbons (Fsp3) is 0.417. The van der Waals surface area contributed by atoms with Crippen molar-refractivity contribution >= 4 is 17.7 Å². The quantitative estimate of drug-likeness (QED) is 0.510. The van der Waals surface area contributed by atoms with Crippen molar-refractivity contribution in [2.75, 3.05) is 43.5 Å². The molecule has 2 N–H and O–H groups in total. The van der Waals surface area contributed by atoms with E-state index in [9.17, 15) is 4.79 Å². The first-order valence-electron chi connectivity index (χ1n) is 11.3. The number of carbonyl (C=O) groups is 1. The van der Waals surface area contributed by atoms with Gasteiger partial charge < -0.3 is 20.3 Å². The van der Waals surface area contributed by atoms with Crippen LogP contribution in [0.15, 0.2) is 36.4 Å². The zero-order valence-corrected chi connectivity index (χ0v) is 19.5. The minimum absolute atomic E-state index is 0.180. The van der Waals surface area contributed by atoms with E-state index >= 15 is 0 Å². The highest BCUT2D eigenvalue weighted by molar-refractivity contribution is 5.93. The van der Waals surface area contributed by atoms with Gasteiger partial charge in [0.2, 0.25) is 5.95 Å². The predicted molar refractivity (Wildman–Crippen MR) is 129 cm³/mol. The number of nitrogens with zero attached hydrogens (tertiary/aromatic N) is 5. The second kappa shape index (κ2) is 10.3. The molecule has 0 saturated carbocycles. The van der Waals surface area contributed by atoms with E-state index in [1.54, 1.807) is 24.9 Å². The van der Waals surface area contributed by atoms with Crippen LogP contribution in [0.1, 0.15) is 35.4 Å². The van der Waals surface area contributed by atoms with Gasteiger partial charge in [-0.1, -0.05) is 12.1 Å². The third kappa shape index (κ3) is 5.60. The van der Waals surface area contributed by atoms with Gasteiger partial charge in [0, 0.05) is 50.6 Å². The van der Waals surface area contributed by atoms with Crippen LogP contribution in [-0.4, -0.2) is 58.9 Å². The van der Waals surface area contributed by atoms with Gasteiger partial charge in [-0.15, -0.1) is 0 Å². The lowest BCUT2D eigenvalue weighted by atomic mass is 10.1. The van der Waals surface area contributed by atoms with Crippen molar-refractivity contribution in [3.8, 4) is 17.0 Å². The average molecular weight is 450 g/mol. The largest absolute Gasteiger partial charge is 0.497 e. The van der Waals surface area contributed by atoms with Crippen LogP contribution in [0.2, 0.25) is 0 Å². The van der Waals surface area contributed by atoms with Crippen molar-refractivity contribution in [3.63, 3.8) is 0 Å². The fourth-order valence-corrected chi connectivity index (χ4v) is 3.96. The number of carbonyl (C=O) groups excluding carboxylic acids is 1. The van der Waals surface area contributed by atoms with Gasteiger partial charge in [-0.25, -0.2) is 4.98 Å². The Morgan fingerprint density at radius 3 is 2.70 bits per heavy atom. The van der Waals surface area contributed by atoms with E-state index in [0.29, 0.717) is 24.7 Å². The summed E-state index contributed by atoms with van der Waals surface area (Å²) < 4.78 is 6.87. The molecular formula is C24H31N7O2. The van der Waals surface area contributed by atoms with Gasteiger partial charge in [0.05, 0.1) is 12.8 Å². The fourth-order valence-electron chi connectivity index (χ4n) is 3.96. The molecule has 0 atom stereocenters. The Morgan fingerprint density at radius 2 is 1.91 bits per heavy atom. The molecular weight excluding hydrogens is 418 g/mol. The minimum atomic E-state index is -0.180. The first-order valence-corrected chi connectivity index (χ1v) is 11.3. The summed E-state index contributed by atoms with van der Waals surface area (Å²) in [5.74, 6) is 2.12. The lowest BCUT2D eigenvalue weighted by Crippen LogP contribution is -2.31. The van der Waals surface area contributed by atoms with Crippen LogP contribution in [0.3, 0.4) is 0 Å². The Labute approximate surface area is 194 Å². The third-order valence-electron chi connectivity index (χ3n) is 5.69. The summed E-state index contributed by atoms with van der Waals surface area (Å²) in [6, 6.07) is 11.4. The zero-order valence-electron chi connectivity index (χ0n) is 19.5. The number of piperidine rings is 1. The van der Waals surface area contributed by atoms with Crippen molar-refractivity contribution in [2.24, 2.45) is 7.05 Å². The maximum absolute atomic E-state index is 12.7. The molecule has 9 nitrogen and oxygen atoms in total. The van der Waals surface area contributed by atoms with Crippen LogP contribution in [0.25, 0.3) is 11.3 Å². The molecule has 1 saturated heterocycles. The molecule has 9 heteroatoms. The van der Waals surface area contributed by atoms with E-state index in [-0.39, 0.29) is 5.91 Å². The highest BCUT2D eigenvalue weighted by atomic mass is 16.5. The molecule has 1 fully saturated rings. The first kappa shape index (κ1) is 22.6. The summed E-state index contributed by atoms with van der Waals surface area (Å²) in [5, 5.41) is 10.6. The van der Waals surface area contributed by atoms with Crippen molar-refractivity contribution in [1.29, 1.82) is 0 Å². The van der Waals surface area contributed by atoms with Crippen molar-refractivity contribution in [3.05, 3.63) is 47.8 Å². The van der Waals surface area contributed by atoms with Crippen LogP contribution in [-0.2, 0) is 7.05 Å². The number of hydrogen-bond donors (Lipinski definition) is 2. The average Bonchev–Trinajstić information content (AvgIpc) is 3.23. The molecule has 1 aliphatic heterocycles. The lowest BCUT2D eigenvalue weighted by Gasteiger charge is -2.28. The van der Waals surface area contributed by atoms with E-state index in [1.165, 1.54) is 19.3 Å². The van der Waals surface area contributed by atoms with Gasteiger partial charge >= 0.3 is 0 Å². The molecule has 0 bridgehead atoms. The Bertz CT molecular complexity index is 1110. The number of amides is 1. The SMILES string of the molecule is COc1cccc(-c2cc(C(=O)NCCNc3nc(C)cc(N4CCCCC4)n3)n(C)n2)c1. The van der Waals surface area contributed by atoms with E-state index in [0.717, 1.165) is 41.6 Å². The summed E-state index contributed by atoms with van der Waals surface area (Å²) in [5.41, 5.74) is 3.04. The van der Waals surface area contributed by atoms with Crippen molar-refractivity contribution < 1.29 is 9.53 Å². The molecule has 0 unspecified atom stereocenters. The molecule has 3 heterocycles. The summed E-state index contributed by atoms with van der Waals surface area (Å²) in [7, 11) is 3.39. The van der Waals surface area contributed by atoms with Crippen LogP contribution in [0.4, 0.5) is 11.8 Å². The second-order valence-electron chi connectivity index (χ2n) is 8.19. The van der Waals surface area contributed by atoms with Gasteiger partial charge in [0.1, 0.15) is 17.3 Å². The Hall–Kier alpha value is -3.62. The summed E-state index contributed by atoms with van der Waals surface area (Å²) in [4.78, 5) is 24.2. The molecule has 4 rings (SSSR count). The van der Waals surface area contributed by atoms with Crippen molar-refractivity contribution in [2.45, 2.75) is 26.2 Å². The van der Waals surface area contributed by atoms with Crippen LogP contribution in [0, 0.1) is 6.92 Å². The molecule has 1 amide bonds. The maximum Gasteiger partial charge on any atom is 0.269 e. The van der Waals surface area contributed by atoms with Gasteiger partial charge in [-0.2, -0.15) is 10.1 Å². The monoisotopic (exact) mass is 449 g/mol. The number of aromatic nitrogens is 4. The molecule has 33 heavy (non-hydrogen) atoms. The Morgan fingerprint density at radius 1 is 1.09 bits per heavy atom. The first-order chi connectivity index (χ1) is 16.0. The van der Waals surface area contributed by atoms with Gasteiger partial charge in [0.15, 0.2) is 0 Å². The predicted octanol–water partition coefficient (Wildman–Crippen LogP) is 3.03. The smallest absolute Gasteiger partial charge is 0.269 e. The van der Waals surface area contributed by atoms with Gasteiger partial charge in [0.25, 0.3) is 5.91 Å². The number of anilines is 2. The molecule has 0 radical (unpaired) electrons. The van der Waals surface area contributed by atoms with Gasteiger partial charge in [-0.3, -0.25) is 9.48 Å². The molecule has 3 aromatic rings. The molecule has 1 aliphatic rings. The highest BCUT2D eigenvalue weighted by Crippen LogP contribution is 2.23. The van der Waals surface area contributed by atoms with Crippen molar-refractivity contribution in [1.82, 2.24) is 25.1 Å². The zero-order chi connectivity index (χ0) is 23.2. The number of rotatable bonds is 8. The number of hydrogen-bond acceptors (Lipinski definition) is 7. The number of ether oxygens (including phenoxy) is 1. The van der Waals surface area contributed by atoms with E-state index in [4.69, 9.17) is 4.74 Å². The van der Waals surface area contributed by atoms with E-state index < -0.39 is 0 Å². The highest BCUT2D eigenvalue weighted by Gasteiger charge is 2.15. The normalized spacial score (nSPS) is 13.6. The lowest BCUT2D eigenvalue weighted by molar-refractivity contribution is 0.0945. The maximum atomic E-state index is 12.7. The summed E-state index contributed by atoms with van der Waals surface area (Å²) in [6.45, 7) is 5.01. The summed E-state index contributed by atoms with van der Waals surface area (Å²) in [6.07, 6.45) is 3.68. The summed E-state index contributed by atoms with van der Waals surface area (Å²) >= 11 is 0. The molecule has 0 spiro atoms. The third-order valence-corrected chi connectivity index (χ3v) is 5.69. The molecule has 0 aliphatic carbocycles. The number of benzene rings is 1. The minimum Gasteiger partial charge on any atom is -0.497 e. The van der Waals surface area contributed by atoms with Crippen LogP contribution >= 0.6 is 0 Å². The Kier molecular flexibility index (Phi) is 7.07.